The summed E-state index contributed by atoms with van der Waals surface area (Å²) < 4.78 is 22.9. The zero-order valence-electron chi connectivity index (χ0n) is 22.6. The highest BCUT2D eigenvalue weighted by Crippen LogP contribution is 2.30. The Morgan fingerprint density at radius 2 is 1.71 bits per heavy atom. The van der Waals surface area contributed by atoms with E-state index in [1.54, 1.807) is 18.1 Å². The van der Waals surface area contributed by atoms with Gasteiger partial charge >= 0.3 is 0 Å². The smallest absolute Gasteiger partial charge is 0.234 e. The van der Waals surface area contributed by atoms with Crippen LogP contribution < -0.4 is 0 Å². The van der Waals surface area contributed by atoms with Crippen molar-refractivity contribution in [1.82, 2.24) is 4.90 Å². The molecule has 0 aromatic rings. The number of Topliss-reactive ketones (excluding diaryl/α,β-unsaturated/α-hetero) is 1. The molecule has 1 fully saturated rings. The number of nitrogens with zero attached hydrogens (tertiary/aromatic N) is 1. The second-order valence-corrected chi connectivity index (χ2v) is 9.04. The number of hydrogen-bond acceptors (Lipinski definition) is 6. The summed E-state index contributed by atoms with van der Waals surface area (Å²) in [4.78, 5) is 28.5. The van der Waals surface area contributed by atoms with Gasteiger partial charge in [-0.1, -0.05) is 34.6 Å². The Hall–Kier alpha value is -1.86. The summed E-state index contributed by atoms with van der Waals surface area (Å²) in [7, 11) is 1.58. The van der Waals surface area contributed by atoms with Gasteiger partial charge in [0.15, 0.2) is 12.1 Å². The maximum Gasteiger partial charge on any atom is 0.234 e. The van der Waals surface area contributed by atoms with Crippen LogP contribution in [0, 0.1) is 17.8 Å². The van der Waals surface area contributed by atoms with Crippen LogP contribution in [-0.4, -0.2) is 62.4 Å². The van der Waals surface area contributed by atoms with Crippen LogP contribution >= 0.6 is 0 Å². The van der Waals surface area contributed by atoms with E-state index in [-0.39, 0.29) is 36.2 Å². The molecule has 1 saturated heterocycles. The fourth-order valence-electron chi connectivity index (χ4n) is 4.23. The first-order chi connectivity index (χ1) is 16.2. The molecule has 0 aliphatic carbocycles. The maximum atomic E-state index is 13.7. The first-order valence-corrected chi connectivity index (χ1v) is 12.9. The van der Waals surface area contributed by atoms with Gasteiger partial charge in [0.2, 0.25) is 5.91 Å². The zero-order valence-corrected chi connectivity index (χ0v) is 22.6. The average Bonchev–Trinajstić information content (AvgIpc) is 3.30. The summed E-state index contributed by atoms with van der Waals surface area (Å²) in [5.74, 6) is 0.673. The minimum absolute atomic E-state index is 0.0128. The van der Waals surface area contributed by atoms with E-state index in [0.29, 0.717) is 31.3 Å². The molecule has 0 aromatic carbocycles. The molecule has 1 amide bonds. The number of ether oxygens (including phenoxy) is 4. The minimum Gasteiger partial charge on any atom is -0.500 e. The molecule has 0 radical (unpaired) electrons. The predicted octanol–water partition coefficient (Wildman–Crippen LogP) is 5.10. The van der Waals surface area contributed by atoms with Gasteiger partial charge < -0.3 is 23.8 Å². The highest BCUT2D eigenvalue weighted by Gasteiger charge is 2.40. The largest absolute Gasteiger partial charge is 0.500 e. The molecule has 0 spiro atoms. The summed E-state index contributed by atoms with van der Waals surface area (Å²) in [6.45, 7) is 15.7. The Bertz CT molecular complexity index is 681. The summed E-state index contributed by atoms with van der Waals surface area (Å²) in [6.07, 6.45) is 6.38. The van der Waals surface area contributed by atoms with Crippen LogP contribution in [0.3, 0.4) is 0 Å². The molecule has 1 rings (SSSR count). The van der Waals surface area contributed by atoms with E-state index in [1.807, 2.05) is 54.5 Å². The van der Waals surface area contributed by atoms with Crippen molar-refractivity contribution in [1.29, 1.82) is 0 Å². The van der Waals surface area contributed by atoms with Crippen LogP contribution in [0.4, 0.5) is 0 Å². The monoisotopic (exact) mass is 481 g/mol. The van der Waals surface area contributed by atoms with Crippen molar-refractivity contribution in [2.45, 2.75) is 86.5 Å². The Morgan fingerprint density at radius 3 is 2.21 bits per heavy atom. The number of carbonyl (C=O) groups is 2. The Labute approximate surface area is 206 Å². The molecule has 7 heteroatoms. The van der Waals surface area contributed by atoms with Gasteiger partial charge in [-0.05, 0) is 51.5 Å². The summed E-state index contributed by atoms with van der Waals surface area (Å²) in [5.41, 5.74) is 0. The van der Waals surface area contributed by atoms with Crippen molar-refractivity contribution in [2.75, 3.05) is 33.5 Å². The molecule has 0 bridgehead atoms. The molecule has 0 saturated carbocycles. The Kier molecular flexibility index (Phi) is 14.1. The van der Waals surface area contributed by atoms with E-state index >= 15 is 0 Å². The molecular formula is C27H47NO6. The molecule has 1 aliphatic heterocycles. The lowest BCUT2D eigenvalue weighted by molar-refractivity contribution is -0.159. The lowest BCUT2D eigenvalue weighted by Gasteiger charge is -2.31. The van der Waals surface area contributed by atoms with Crippen LogP contribution in [0.25, 0.3) is 0 Å². The quantitative estimate of drug-likeness (QED) is 0.173. The van der Waals surface area contributed by atoms with Crippen LogP contribution in [0.2, 0.25) is 0 Å². The molecular weight excluding hydrogens is 434 g/mol. The van der Waals surface area contributed by atoms with Crippen molar-refractivity contribution in [3.63, 3.8) is 0 Å². The normalized spacial score (nSPS) is 19.0. The van der Waals surface area contributed by atoms with E-state index < -0.39 is 12.2 Å². The maximum absolute atomic E-state index is 13.7. The SMILES string of the molecule is CC/C=C(/C=C(\OC)C(C(=O)N1CCCC1C(=O)C(C)CC)C(C)C)OCC(OCC)OCC. The van der Waals surface area contributed by atoms with Gasteiger partial charge in [-0.2, -0.15) is 0 Å². The van der Waals surface area contributed by atoms with Gasteiger partial charge in [0.25, 0.3) is 0 Å². The van der Waals surface area contributed by atoms with Gasteiger partial charge in [0, 0.05) is 31.8 Å². The number of hydrogen-bond donors (Lipinski definition) is 0. The molecule has 7 nitrogen and oxygen atoms in total. The van der Waals surface area contributed by atoms with E-state index in [0.717, 1.165) is 25.7 Å². The van der Waals surface area contributed by atoms with Gasteiger partial charge in [-0.3, -0.25) is 9.59 Å². The molecule has 3 unspecified atom stereocenters. The van der Waals surface area contributed by atoms with Crippen molar-refractivity contribution in [3.05, 3.63) is 23.7 Å². The van der Waals surface area contributed by atoms with Gasteiger partial charge in [-0.25, -0.2) is 0 Å². The Balaban J connectivity index is 3.16. The lowest BCUT2D eigenvalue weighted by Crippen LogP contribution is -2.46. The fourth-order valence-corrected chi connectivity index (χ4v) is 4.23. The van der Waals surface area contributed by atoms with E-state index in [2.05, 4.69) is 0 Å². The van der Waals surface area contributed by atoms with Crippen molar-refractivity contribution >= 4 is 11.7 Å². The van der Waals surface area contributed by atoms with E-state index in [4.69, 9.17) is 18.9 Å². The number of ketones is 1. The number of methoxy groups -OCH3 is 1. The highest BCUT2D eigenvalue weighted by molar-refractivity contribution is 5.92. The van der Waals surface area contributed by atoms with Crippen molar-refractivity contribution in [3.8, 4) is 0 Å². The number of amides is 1. The predicted molar refractivity (Wildman–Crippen MR) is 134 cm³/mol. The molecule has 196 valence electrons. The third-order valence-electron chi connectivity index (χ3n) is 6.22. The van der Waals surface area contributed by atoms with Crippen molar-refractivity contribution in [2.24, 2.45) is 17.8 Å². The third-order valence-corrected chi connectivity index (χ3v) is 6.22. The zero-order chi connectivity index (χ0) is 25.7. The number of carbonyl (C=O) groups excluding carboxylic acids is 2. The summed E-state index contributed by atoms with van der Waals surface area (Å²) >= 11 is 0. The summed E-state index contributed by atoms with van der Waals surface area (Å²) in [6, 6.07) is -0.346. The standard InChI is InChI=1S/C27H47NO6/c1-9-14-21(34-18-24(32-11-3)33-12-4)17-23(31-8)25(19(5)6)27(30)28-16-13-15-22(28)26(29)20(7)10-2/h14,17,19-20,22,24-25H,9-13,15-16,18H2,1-8H3/b21-14-,23-17-. The second kappa shape index (κ2) is 15.9. The average molecular weight is 482 g/mol. The molecule has 34 heavy (non-hydrogen) atoms. The number of rotatable bonds is 16. The van der Waals surface area contributed by atoms with Gasteiger partial charge in [-0.15, -0.1) is 0 Å². The van der Waals surface area contributed by atoms with Crippen molar-refractivity contribution < 1.29 is 28.5 Å². The molecule has 1 aliphatic rings. The van der Waals surface area contributed by atoms with Crippen LogP contribution in [0.5, 0.6) is 0 Å². The minimum atomic E-state index is -0.506. The topological polar surface area (TPSA) is 74.3 Å². The summed E-state index contributed by atoms with van der Waals surface area (Å²) in [5, 5.41) is 0. The van der Waals surface area contributed by atoms with Crippen LogP contribution in [0.15, 0.2) is 23.7 Å². The molecule has 0 aromatic heterocycles. The Morgan fingerprint density at radius 1 is 1.06 bits per heavy atom. The van der Waals surface area contributed by atoms with E-state index in [9.17, 15) is 9.59 Å². The first-order valence-electron chi connectivity index (χ1n) is 12.9. The van der Waals surface area contributed by atoms with E-state index in [1.165, 1.54) is 0 Å². The lowest BCUT2D eigenvalue weighted by atomic mass is 9.90. The second-order valence-electron chi connectivity index (χ2n) is 9.04. The molecule has 0 N–H and O–H groups in total. The van der Waals surface area contributed by atoms with Crippen LogP contribution in [-0.2, 0) is 28.5 Å². The number of likely N-dealkylation sites (tertiary alicyclic amines) is 1. The highest BCUT2D eigenvalue weighted by atomic mass is 16.7. The van der Waals surface area contributed by atoms with Gasteiger partial charge in [0.1, 0.15) is 18.1 Å². The third kappa shape index (κ3) is 8.73. The fraction of sp³-hybridized carbons (Fsp3) is 0.778. The first kappa shape index (κ1) is 30.2. The van der Waals surface area contributed by atoms with Gasteiger partial charge in [0.05, 0.1) is 19.1 Å². The molecule has 3 atom stereocenters. The molecule has 1 heterocycles. The number of allylic oxidation sites excluding steroid dienone is 2. The van der Waals surface area contributed by atoms with Crippen LogP contribution in [0.1, 0.15) is 74.1 Å².